The molecule has 25 heavy (non-hydrogen) atoms. The number of halogens is 1. The van der Waals surface area contributed by atoms with Gasteiger partial charge in [-0.1, -0.05) is 12.1 Å². The SMILES string of the molecule is O=C1C[C@@H](C(=O)N2CCO[C@@H](c3ccc(F)cc3)C2)CN1CC1CC1. The first-order valence-corrected chi connectivity index (χ1v) is 9.04. The van der Waals surface area contributed by atoms with Crippen molar-refractivity contribution in [1.82, 2.24) is 9.80 Å². The van der Waals surface area contributed by atoms with E-state index in [1.807, 2.05) is 4.90 Å². The molecule has 2 heterocycles. The Kier molecular flexibility index (Phi) is 4.46. The molecule has 0 unspecified atom stereocenters. The fourth-order valence-corrected chi connectivity index (χ4v) is 3.71. The van der Waals surface area contributed by atoms with Crippen molar-refractivity contribution in [1.29, 1.82) is 0 Å². The van der Waals surface area contributed by atoms with Crippen molar-refractivity contribution in [2.75, 3.05) is 32.8 Å². The van der Waals surface area contributed by atoms with Gasteiger partial charge >= 0.3 is 0 Å². The van der Waals surface area contributed by atoms with Gasteiger partial charge in [0.15, 0.2) is 0 Å². The molecule has 1 aliphatic carbocycles. The minimum absolute atomic E-state index is 0.0436. The van der Waals surface area contributed by atoms with Gasteiger partial charge in [-0.05, 0) is 36.5 Å². The van der Waals surface area contributed by atoms with E-state index in [0.29, 0.717) is 38.6 Å². The molecule has 1 aromatic rings. The van der Waals surface area contributed by atoms with E-state index in [4.69, 9.17) is 4.74 Å². The summed E-state index contributed by atoms with van der Waals surface area (Å²) in [7, 11) is 0. The van der Waals surface area contributed by atoms with E-state index in [-0.39, 0.29) is 29.7 Å². The van der Waals surface area contributed by atoms with Gasteiger partial charge < -0.3 is 14.5 Å². The lowest BCUT2D eigenvalue weighted by atomic mass is 10.0. The zero-order valence-electron chi connectivity index (χ0n) is 14.2. The molecule has 1 saturated carbocycles. The van der Waals surface area contributed by atoms with Gasteiger partial charge in [0.1, 0.15) is 11.9 Å². The second kappa shape index (κ2) is 6.75. The monoisotopic (exact) mass is 346 g/mol. The van der Waals surface area contributed by atoms with Crippen molar-refractivity contribution < 1.29 is 18.7 Å². The van der Waals surface area contributed by atoms with Crippen molar-refractivity contribution in [3.63, 3.8) is 0 Å². The second-order valence-electron chi connectivity index (χ2n) is 7.34. The quantitative estimate of drug-likeness (QED) is 0.838. The number of nitrogens with zero attached hydrogens (tertiary/aromatic N) is 2. The molecule has 1 aromatic carbocycles. The average Bonchev–Trinajstić information content (AvgIpc) is 3.37. The minimum atomic E-state index is -0.285. The summed E-state index contributed by atoms with van der Waals surface area (Å²) in [6.45, 7) is 2.82. The Morgan fingerprint density at radius 1 is 1.20 bits per heavy atom. The number of ether oxygens (including phenoxy) is 1. The third-order valence-electron chi connectivity index (χ3n) is 5.36. The topological polar surface area (TPSA) is 49.9 Å². The van der Waals surface area contributed by atoms with Crippen LogP contribution in [0.25, 0.3) is 0 Å². The predicted molar refractivity (Wildman–Crippen MR) is 89.1 cm³/mol. The lowest BCUT2D eigenvalue weighted by Crippen LogP contribution is -2.45. The Bertz CT molecular complexity index is 659. The highest BCUT2D eigenvalue weighted by atomic mass is 19.1. The zero-order chi connectivity index (χ0) is 17.4. The first-order valence-electron chi connectivity index (χ1n) is 9.04. The van der Waals surface area contributed by atoms with Crippen LogP contribution in [0, 0.1) is 17.7 Å². The van der Waals surface area contributed by atoms with E-state index in [0.717, 1.165) is 12.1 Å². The summed E-state index contributed by atoms with van der Waals surface area (Å²) in [5.74, 6) is 0.269. The molecular formula is C19H23FN2O3. The zero-order valence-corrected chi connectivity index (χ0v) is 14.2. The van der Waals surface area contributed by atoms with Gasteiger partial charge in [0.25, 0.3) is 0 Å². The van der Waals surface area contributed by atoms with Crippen LogP contribution in [-0.4, -0.2) is 54.4 Å². The summed E-state index contributed by atoms with van der Waals surface area (Å²) < 4.78 is 18.8. The summed E-state index contributed by atoms with van der Waals surface area (Å²) in [4.78, 5) is 28.7. The smallest absolute Gasteiger partial charge is 0.228 e. The summed E-state index contributed by atoms with van der Waals surface area (Å²) in [5, 5.41) is 0. The predicted octanol–water partition coefficient (Wildman–Crippen LogP) is 1.98. The highest BCUT2D eigenvalue weighted by molar-refractivity contribution is 5.89. The minimum Gasteiger partial charge on any atom is -0.370 e. The molecule has 0 radical (unpaired) electrons. The molecule has 3 fully saturated rings. The van der Waals surface area contributed by atoms with Crippen LogP contribution in [0.2, 0.25) is 0 Å². The number of likely N-dealkylation sites (tertiary alicyclic amines) is 1. The summed E-state index contributed by atoms with van der Waals surface area (Å²) >= 11 is 0. The standard InChI is InChI=1S/C19H23FN2O3/c20-16-5-3-14(4-6-16)17-12-21(7-8-25-17)19(24)15-9-18(23)22(11-15)10-13-1-2-13/h3-6,13,15,17H,1-2,7-12H2/t15-,17-/m1/s1. The number of carbonyl (C=O) groups is 2. The maximum Gasteiger partial charge on any atom is 0.228 e. The number of amides is 2. The first kappa shape index (κ1) is 16.5. The van der Waals surface area contributed by atoms with E-state index in [1.54, 1.807) is 17.0 Å². The summed E-state index contributed by atoms with van der Waals surface area (Å²) in [5.41, 5.74) is 0.872. The molecule has 2 atom stereocenters. The third-order valence-corrected chi connectivity index (χ3v) is 5.36. The van der Waals surface area contributed by atoms with Crippen LogP contribution in [0.3, 0.4) is 0 Å². The Labute approximate surface area is 146 Å². The van der Waals surface area contributed by atoms with Gasteiger partial charge in [-0.3, -0.25) is 9.59 Å². The third kappa shape index (κ3) is 3.68. The van der Waals surface area contributed by atoms with Gasteiger partial charge in [-0.25, -0.2) is 4.39 Å². The highest BCUT2D eigenvalue weighted by Gasteiger charge is 2.39. The molecular weight excluding hydrogens is 323 g/mol. The molecule has 2 amide bonds. The second-order valence-corrected chi connectivity index (χ2v) is 7.34. The van der Waals surface area contributed by atoms with Crippen LogP contribution in [0.4, 0.5) is 4.39 Å². The number of rotatable bonds is 4. The van der Waals surface area contributed by atoms with Crippen molar-refractivity contribution in [3.05, 3.63) is 35.6 Å². The molecule has 6 heteroatoms. The van der Waals surface area contributed by atoms with Crippen LogP contribution in [-0.2, 0) is 14.3 Å². The van der Waals surface area contributed by atoms with Crippen LogP contribution in [0.1, 0.15) is 30.9 Å². The molecule has 3 aliphatic rings. The Morgan fingerprint density at radius 2 is 1.96 bits per heavy atom. The van der Waals surface area contributed by atoms with Crippen LogP contribution in [0.15, 0.2) is 24.3 Å². The van der Waals surface area contributed by atoms with E-state index < -0.39 is 0 Å². The average molecular weight is 346 g/mol. The molecule has 0 bridgehead atoms. The van der Waals surface area contributed by atoms with Crippen LogP contribution >= 0.6 is 0 Å². The first-order chi connectivity index (χ1) is 12.1. The molecule has 2 aliphatic heterocycles. The van der Waals surface area contributed by atoms with Crippen molar-refractivity contribution in [2.45, 2.75) is 25.4 Å². The molecule has 0 aromatic heterocycles. The Balaban J connectivity index is 1.38. The fourth-order valence-electron chi connectivity index (χ4n) is 3.71. The number of hydrogen-bond donors (Lipinski definition) is 0. The van der Waals surface area contributed by atoms with Gasteiger partial charge in [0.05, 0.1) is 19.1 Å². The lowest BCUT2D eigenvalue weighted by molar-refractivity contribution is -0.143. The normalized spacial score (nSPS) is 27.0. The maximum atomic E-state index is 13.1. The molecule has 134 valence electrons. The summed E-state index contributed by atoms with van der Waals surface area (Å²) in [6.07, 6.45) is 2.48. The van der Waals surface area contributed by atoms with Crippen molar-refractivity contribution in [3.8, 4) is 0 Å². The van der Waals surface area contributed by atoms with Crippen LogP contribution < -0.4 is 0 Å². The molecule has 0 spiro atoms. The number of hydrogen-bond acceptors (Lipinski definition) is 3. The van der Waals surface area contributed by atoms with Crippen LogP contribution in [0.5, 0.6) is 0 Å². The van der Waals surface area contributed by atoms with Gasteiger partial charge in [0.2, 0.25) is 11.8 Å². The maximum absolute atomic E-state index is 13.1. The largest absolute Gasteiger partial charge is 0.370 e. The fraction of sp³-hybridized carbons (Fsp3) is 0.579. The Hall–Kier alpha value is -1.95. The van der Waals surface area contributed by atoms with Crippen molar-refractivity contribution in [2.24, 2.45) is 11.8 Å². The van der Waals surface area contributed by atoms with E-state index in [1.165, 1.54) is 25.0 Å². The van der Waals surface area contributed by atoms with E-state index in [2.05, 4.69) is 0 Å². The van der Waals surface area contributed by atoms with Gasteiger partial charge in [-0.2, -0.15) is 0 Å². The van der Waals surface area contributed by atoms with Crippen molar-refractivity contribution >= 4 is 11.8 Å². The number of carbonyl (C=O) groups excluding carboxylic acids is 2. The lowest BCUT2D eigenvalue weighted by Gasteiger charge is -2.34. The molecule has 0 N–H and O–H groups in total. The number of morpholine rings is 1. The van der Waals surface area contributed by atoms with E-state index in [9.17, 15) is 14.0 Å². The molecule has 2 saturated heterocycles. The molecule has 4 rings (SSSR count). The molecule has 5 nitrogen and oxygen atoms in total. The van der Waals surface area contributed by atoms with Gasteiger partial charge in [-0.15, -0.1) is 0 Å². The number of benzene rings is 1. The Morgan fingerprint density at radius 3 is 2.68 bits per heavy atom. The summed E-state index contributed by atoms with van der Waals surface area (Å²) in [6, 6.07) is 6.21. The highest BCUT2D eigenvalue weighted by Crippen LogP contribution is 2.32. The van der Waals surface area contributed by atoms with E-state index >= 15 is 0 Å². The van der Waals surface area contributed by atoms with Gasteiger partial charge in [0, 0.05) is 26.1 Å².